The van der Waals surface area contributed by atoms with Crippen LogP contribution in [-0.2, 0) is 19.9 Å². The van der Waals surface area contributed by atoms with E-state index in [0.717, 1.165) is 18.4 Å². The van der Waals surface area contributed by atoms with Crippen molar-refractivity contribution in [3.05, 3.63) is 29.8 Å². The molecule has 0 bridgehead atoms. The van der Waals surface area contributed by atoms with Gasteiger partial charge in [-0.05, 0) is 30.5 Å². The number of phosphoric acid groups is 2. The Bertz CT molecular complexity index is 559. The van der Waals surface area contributed by atoms with Crippen LogP contribution in [0.25, 0.3) is 0 Å². The molecule has 10 heteroatoms. The molecule has 1 atom stereocenters. The Kier molecular flexibility index (Phi) is 12.3. The second-order valence-corrected chi connectivity index (χ2v) is 8.05. The minimum atomic E-state index is -5.10. The monoisotopic (exact) mass is 408 g/mol. The SMILES string of the molecule is CCCCCCCCc1ccc(OP(=O)(O)OP(=O)(O)O)cc1.[CaH2]. The molecule has 136 valence electrons. The normalized spacial score (nSPS) is 13.8. The van der Waals surface area contributed by atoms with E-state index >= 15 is 0 Å². The van der Waals surface area contributed by atoms with Crippen molar-refractivity contribution < 1.29 is 32.6 Å². The van der Waals surface area contributed by atoms with Gasteiger partial charge in [-0.25, -0.2) is 9.13 Å². The molecule has 24 heavy (non-hydrogen) atoms. The molecule has 3 N–H and O–H groups in total. The van der Waals surface area contributed by atoms with Crippen LogP contribution in [0, 0.1) is 0 Å². The molecule has 7 nitrogen and oxygen atoms in total. The van der Waals surface area contributed by atoms with Crippen LogP contribution in [0.5, 0.6) is 5.75 Å². The van der Waals surface area contributed by atoms with Crippen LogP contribution in [0.1, 0.15) is 51.0 Å². The Hall–Kier alpha value is 0.580. The van der Waals surface area contributed by atoms with E-state index in [1.54, 1.807) is 12.1 Å². The van der Waals surface area contributed by atoms with Gasteiger partial charge in [0.25, 0.3) is 0 Å². The topological polar surface area (TPSA) is 113 Å². The Labute approximate surface area is 172 Å². The van der Waals surface area contributed by atoms with Crippen LogP contribution >= 0.6 is 15.6 Å². The Balaban J connectivity index is 0.00000529. The molecular formula is C14H26CaO7P2. The van der Waals surface area contributed by atoms with E-state index in [1.165, 1.54) is 44.2 Å². The predicted octanol–water partition coefficient (Wildman–Crippen LogP) is 3.26. The van der Waals surface area contributed by atoms with Crippen molar-refractivity contribution in [2.24, 2.45) is 0 Å². The molecule has 1 unspecified atom stereocenters. The van der Waals surface area contributed by atoms with Crippen molar-refractivity contribution in [3.63, 3.8) is 0 Å². The van der Waals surface area contributed by atoms with Gasteiger partial charge in [-0.3, -0.25) is 4.89 Å². The zero-order chi connectivity index (χ0) is 17.3. The van der Waals surface area contributed by atoms with E-state index in [-0.39, 0.29) is 43.5 Å². The molecule has 0 heterocycles. The summed E-state index contributed by atoms with van der Waals surface area (Å²) < 4.78 is 30.3. The third-order valence-electron chi connectivity index (χ3n) is 3.17. The van der Waals surface area contributed by atoms with E-state index < -0.39 is 15.6 Å². The van der Waals surface area contributed by atoms with E-state index in [2.05, 4.69) is 15.8 Å². The van der Waals surface area contributed by atoms with Crippen LogP contribution in [0.3, 0.4) is 0 Å². The standard InChI is InChI=1S/C14H24O7P2.Ca.2H/c1-2-3-4-5-6-7-8-13-9-11-14(12-10-13)20-23(18,19)21-22(15,16)17;;;/h9-12H,2-8H2,1H3,(H,18,19)(H2,15,16,17);;;. The van der Waals surface area contributed by atoms with Crippen molar-refractivity contribution in [1.82, 2.24) is 0 Å². The Morgan fingerprint density at radius 1 is 0.917 bits per heavy atom. The molecular weight excluding hydrogens is 382 g/mol. The van der Waals surface area contributed by atoms with Crippen molar-refractivity contribution in [2.45, 2.75) is 51.9 Å². The average molecular weight is 408 g/mol. The Morgan fingerprint density at radius 2 is 1.46 bits per heavy atom. The number of rotatable bonds is 11. The summed E-state index contributed by atoms with van der Waals surface area (Å²) in [4.78, 5) is 26.3. The van der Waals surface area contributed by atoms with Gasteiger partial charge < -0.3 is 14.3 Å². The van der Waals surface area contributed by atoms with Gasteiger partial charge in [0.05, 0.1) is 0 Å². The van der Waals surface area contributed by atoms with Crippen molar-refractivity contribution >= 4 is 53.4 Å². The molecule has 0 aliphatic heterocycles. The fourth-order valence-corrected chi connectivity index (χ4v) is 3.71. The second-order valence-electron chi connectivity index (χ2n) is 5.29. The minimum absolute atomic E-state index is 0. The summed E-state index contributed by atoms with van der Waals surface area (Å²) in [7, 11) is -9.95. The summed E-state index contributed by atoms with van der Waals surface area (Å²) in [6, 6.07) is 6.44. The molecule has 1 aromatic carbocycles. The first-order chi connectivity index (χ1) is 10.7. The molecule has 0 aromatic heterocycles. The van der Waals surface area contributed by atoms with Gasteiger partial charge in [0.15, 0.2) is 0 Å². The zero-order valence-corrected chi connectivity index (χ0v) is 14.9. The summed E-state index contributed by atoms with van der Waals surface area (Å²) in [5, 5.41) is 0. The van der Waals surface area contributed by atoms with E-state index in [1.807, 2.05) is 0 Å². The number of aryl methyl sites for hydroxylation is 1. The maximum absolute atomic E-state index is 11.4. The van der Waals surface area contributed by atoms with Gasteiger partial charge in [-0.15, -0.1) is 0 Å². The van der Waals surface area contributed by atoms with Crippen LogP contribution < -0.4 is 4.52 Å². The molecule has 0 aliphatic rings. The third kappa shape index (κ3) is 12.0. The molecule has 1 aromatic rings. The number of hydrogen-bond donors (Lipinski definition) is 3. The predicted molar refractivity (Wildman–Crippen MR) is 95.6 cm³/mol. The number of hydrogen-bond acceptors (Lipinski definition) is 4. The average Bonchev–Trinajstić information content (AvgIpc) is 2.41. The molecule has 0 aliphatic carbocycles. The van der Waals surface area contributed by atoms with Crippen molar-refractivity contribution in [2.75, 3.05) is 0 Å². The van der Waals surface area contributed by atoms with Gasteiger partial charge in [0.2, 0.25) is 0 Å². The molecule has 0 saturated heterocycles. The molecule has 0 amide bonds. The van der Waals surface area contributed by atoms with Crippen LogP contribution in [0.4, 0.5) is 0 Å². The molecule has 0 radical (unpaired) electrons. The van der Waals surface area contributed by atoms with Crippen LogP contribution in [0.2, 0.25) is 0 Å². The van der Waals surface area contributed by atoms with Crippen molar-refractivity contribution in [1.29, 1.82) is 0 Å². The summed E-state index contributed by atoms with van der Waals surface area (Å²) in [6.07, 6.45) is 8.12. The fraction of sp³-hybridized carbons (Fsp3) is 0.571. The summed E-state index contributed by atoms with van der Waals surface area (Å²) in [5.74, 6) is 0.0102. The quantitative estimate of drug-likeness (QED) is 0.293. The summed E-state index contributed by atoms with van der Waals surface area (Å²) >= 11 is 0. The summed E-state index contributed by atoms with van der Waals surface area (Å²) in [5.41, 5.74) is 1.07. The van der Waals surface area contributed by atoms with Gasteiger partial charge in [-0.2, -0.15) is 4.31 Å². The summed E-state index contributed by atoms with van der Waals surface area (Å²) in [6.45, 7) is 2.18. The van der Waals surface area contributed by atoms with Gasteiger partial charge in [0.1, 0.15) is 5.75 Å². The number of phosphoric ester groups is 1. The van der Waals surface area contributed by atoms with Crippen LogP contribution in [0.15, 0.2) is 24.3 Å². The molecule has 0 saturated carbocycles. The van der Waals surface area contributed by atoms with E-state index in [9.17, 15) is 14.0 Å². The molecule has 1 rings (SSSR count). The van der Waals surface area contributed by atoms with Gasteiger partial charge in [-0.1, -0.05) is 51.2 Å². The first-order valence-electron chi connectivity index (χ1n) is 7.60. The molecule has 0 spiro atoms. The molecule has 0 fully saturated rings. The van der Waals surface area contributed by atoms with E-state index in [4.69, 9.17) is 9.79 Å². The van der Waals surface area contributed by atoms with Gasteiger partial charge in [0, 0.05) is 0 Å². The zero-order valence-electron chi connectivity index (χ0n) is 13.1. The number of benzene rings is 1. The first kappa shape index (κ1) is 24.6. The third-order valence-corrected chi connectivity index (χ3v) is 5.29. The van der Waals surface area contributed by atoms with Crippen LogP contribution in [-0.4, -0.2) is 52.4 Å². The maximum atomic E-state index is 11.4. The first-order valence-corrected chi connectivity index (χ1v) is 10.6. The van der Waals surface area contributed by atoms with E-state index in [0.29, 0.717) is 0 Å². The second kappa shape index (κ2) is 12.1. The Morgan fingerprint density at radius 3 is 2.00 bits per heavy atom. The van der Waals surface area contributed by atoms with Gasteiger partial charge >= 0.3 is 53.4 Å². The fourth-order valence-electron chi connectivity index (χ4n) is 2.11. The number of unbranched alkanes of at least 4 members (excludes halogenated alkanes) is 5. The van der Waals surface area contributed by atoms with Crippen molar-refractivity contribution in [3.8, 4) is 5.75 Å².